The van der Waals surface area contributed by atoms with E-state index < -0.39 is 5.97 Å². The first-order valence-corrected chi connectivity index (χ1v) is 8.66. The summed E-state index contributed by atoms with van der Waals surface area (Å²) in [6, 6.07) is 7.04. The van der Waals surface area contributed by atoms with Crippen molar-refractivity contribution in [3.63, 3.8) is 0 Å². The maximum atomic E-state index is 11.2. The highest BCUT2D eigenvalue weighted by atomic mass is 35.5. The number of carboxylic acids is 1. The summed E-state index contributed by atoms with van der Waals surface area (Å²) >= 11 is 6.04. The predicted octanol–water partition coefficient (Wildman–Crippen LogP) is 3.26. The highest BCUT2D eigenvalue weighted by Gasteiger charge is 2.20. The minimum atomic E-state index is -0.841. The lowest BCUT2D eigenvalue weighted by Gasteiger charge is -2.18. The number of hydrogen-bond donors (Lipinski definition) is 2. The molecule has 2 aromatic rings. The van der Waals surface area contributed by atoms with Gasteiger partial charge in [-0.05, 0) is 43.4 Å². The number of nitrogens with zero attached hydrogens (tertiary/aromatic N) is 2. The average Bonchev–Trinajstić information content (AvgIpc) is 2.88. The van der Waals surface area contributed by atoms with Gasteiger partial charge in [-0.3, -0.25) is 4.79 Å². The SMILES string of the molecule is Cn1c(CN[C@H](CC(=O)O)c2cccc(Cl)c2)nc2c1CCCC2. The number of nitrogens with one attached hydrogen (secondary N) is 1. The first-order valence-electron chi connectivity index (χ1n) is 8.28. The second kappa shape index (κ2) is 7.36. The topological polar surface area (TPSA) is 67.2 Å². The molecule has 0 spiro atoms. The quantitative estimate of drug-likeness (QED) is 0.841. The summed E-state index contributed by atoms with van der Waals surface area (Å²) in [6.45, 7) is 0.536. The molecule has 1 atom stereocenters. The molecule has 0 radical (unpaired) electrons. The zero-order valence-electron chi connectivity index (χ0n) is 13.8. The Kier molecular flexibility index (Phi) is 5.21. The van der Waals surface area contributed by atoms with Crippen molar-refractivity contribution in [2.75, 3.05) is 0 Å². The Morgan fingerprint density at radius 1 is 1.42 bits per heavy atom. The molecule has 2 N–H and O–H groups in total. The Morgan fingerprint density at radius 2 is 2.21 bits per heavy atom. The second-order valence-electron chi connectivity index (χ2n) is 6.27. The van der Waals surface area contributed by atoms with E-state index in [1.807, 2.05) is 25.2 Å². The summed E-state index contributed by atoms with van der Waals surface area (Å²) in [7, 11) is 2.04. The lowest BCUT2D eigenvalue weighted by atomic mass is 10.0. The smallest absolute Gasteiger partial charge is 0.305 e. The van der Waals surface area contributed by atoms with Crippen LogP contribution < -0.4 is 5.32 Å². The third-order valence-electron chi connectivity index (χ3n) is 4.60. The molecule has 1 aromatic heterocycles. The average molecular weight is 348 g/mol. The van der Waals surface area contributed by atoms with Crippen LogP contribution in [0.1, 0.15) is 48.1 Å². The highest BCUT2D eigenvalue weighted by molar-refractivity contribution is 6.30. The third kappa shape index (κ3) is 3.79. The molecular weight excluding hydrogens is 326 g/mol. The van der Waals surface area contributed by atoms with E-state index in [-0.39, 0.29) is 12.5 Å². The molecule has 6 heteroatoms. The number of aromatic nitrogens is 2. The van der Waals surface area contributed by atoms with Crippen molar-refractivity contribution >= 4 is 17.6 Å². The van der Waals surface area contributed by atoms with Gasteiger partial charge < -0.3 is 15.0 Å². The molecule has 128 valence electrons. The number of hydrogen-bond acceptors (Lipinski definition) is 3. The van der Waals surface area contributed by atoms with E-state index in [0.29, 0.717) is 11.6 Å². The first-order chi connectivity index (χ1) is 11.5. The molecule has 0 bridgehead atoms. The fraction of sp³-hybridized carbons (Fsp3) is 0.444. The van der Waals surface area contributed by atoms with E-state index in [2.05, 4.69) is 9.88 Å². The van der Waals surface area contributed by atoms with E-state index >= 15 is 0 Å². The van der Waals surface area contributed by atoms with Gasteiger partial charge in [0, 0.05) is 23.8 Å². The van der Waals surface area contributed by atoms with Gasteiger partial charge in [-0.1, -0.05) is 23.7 Å². The van der Waals surface area contributed by atoms with E-state index in [0.717, 1.165) is 24.2 Å². The van der Waals surface area contributed by atoms with Gasteiger partial charge in [-0.2, -0.15) is 0 Å². The van der Waals surface area contributed by atoms with Crippen LogP contribution in [-0.4, -0.2) is 20.6 Å². The van der Waals surface area contributed by atoms with Gasteiger partial charge in [-0.25, -0.2) is 4.98 Å². The molecule has 1 aromatic carbocycles. The number of halogens is 1. The van der Waals surface area contributed by atoms with Crippen LogP contribution in [0.25, 0.3) is 0 Å². The van der Waals surface area contributed by atoms with Crippen LogP contribution in [0, 0.1) is 0 Å². The van der Waals surface area contributed by atoms with E-state index in [4.69, 9.17) is 16.6 Å². The zero-order valence-corrected chi connectivity index (χ0v) is 14.5. The monoisotopic (exact) mass is 347 g/mol. The minimum Gasteiger partial charge on any atom is -0.481 e. The van der Waals surface area contributed by atoms with Crippen LogP contribution in [-0.2, 0) is 31.2 Å². The molecule has 3 rings (SSSR count). The molecule has 1 aliphatic rings. The summed E-state index contributed by atoms with van der Waals surface area (Å²) in [6.07, 6.45) is 4.52. The van der Waals surface area contributed by atoms with Gasteiger partial charge >= 0.3 is 5.97 Å². The van der Waals surface area contributed by atoms with Crippen LogP contribution in [0.2, 0.25) is 5.02 Å². The second-order valence-corrected chi connectivity index (χ2v) is 6.71. The van der Waals surface area contributed by atoms with Crippen molar-refractivity contribution in [3.8, 4) is 0 Å². The maximum Gasteiger partial charge on any atom is 0.305 e. The predicted molar refractivity (Wildman–Crippen MR) is 93.1 cm³/mol. The van der Waals surface area contributed by atoms with Crippen LogP contribution >= 0.6 is 11.6 Å². The maximum absolute atomic E-state index is 11.2. The van der Waals surface area contributed by atoms with Gasteiger partial charge in [0.25, 0.3) is 0 Å². The van der Waals surface area contributed by atoms with Gasteiger partial charge in [0.1, 0.15) is 5.82 Å². The fourth-order valence-electron chi connectivity index (χ4n) is 3.32. The van der Waals surface area contributed by atoms with Crippen molar-refractivity contribution in [2.45, 2.75) is 44.7 Å². The summed E-state index contributed by atoms with van der Waals surface area (Å²) in [5.74, 6) is 0.117. The van der Waals surface area contributed by atoms with Crippen molar-refractivity contribution in [1.29, 1.82) is 0 Å². The molecular formula is C18H22ClN3O2. The van der Waals surface area contributed by atoms with Crippen LogP contribution in [0.3, 0.4) is 0 Å². The lowest BCUT2D eigenvalue weighted by Crippen LogP contribution is -2.25. The summed E-state index contributed by atoms with van der Waals surface area (Å²) < 4.78 is 2.15. The van der Waals surface area contributed by atoms with Crippen LogP contribution in [0.4, 0.5) is 0 Å². The van der Waals surface area contributed by atoms with E-state index in [9.17, 15) is 9.90 Å². The van der Waals surface area contributed by atoms with Crippen LogP contribution in [0.5, 0.6) is 0 Å². The summed E-state index contributed by atoms with van der Waals surface area (Å²) in [5.41, 5.74) is 3.39. The molecule has 5 nitrogen and oxygen atoms in total. The van der Waals surface area contributed by atoms with Gasteiger partial charge in [0.15, 0.2) is 0 Å². The Labute approximate surface area is 146 Å². The molecule has 1 heterocycles. The van der Waals surface area contributed by atoms with Gasteiger partial charge in [-0.15, -0.1) is 0 Å². The summed E-state index contributed by atoms with van der Waals surface area (Å²) in [5, 5.41) is 13.2. The van der Waals surface area contributed by atoms with Crippen molar-refractivity contribution in [1.82, 2.24) is 14.9 Å². The Hall–Kier alpha value is -1.85. The minimum absolute atomic E-state index is 0.00444. The Morgan fingerprint density at radius 3 is 2.92 bits per heavy atom. The van der Waals surface area contributed by atoms with Gasteiger partial charge in [0.2, 0.25) is 0 Å². The van der Waals surface area contributed by atoms with Crippen molar-refractivity contribution in [2.24, 2.45) is 7.05 Å². The molecule has 24 heavy (non-hydrogen) atoms. The molecule has 0 aliphatic heterocycles. The summed E-state index contributed by atoms with van der Waals surface area (Å²) in [4.78, 5) is 16.0. The van der Waals surface area contributed by atoms with E-state index in [1.165, 1.54) is 24.2 Å². The number of aliphatic carboxylic acids is 1. The van der Waals surface area contributed by atoms with Gasteiger partial charge in [0.05, 0.1) is 18.7 Å². The molecule has 0 saturated heterocycles. The highest BCUT2D eigenvalue weighted by Crippen LogP contribution is 2.23. The van der Waals surface area contributed by atoms with Crippen molar-refractivity contribution < 1.29 is 9.90 Å². The first kappa shape index (κ1) is 17.0. The number of aryl methyl sites for hydroxylation is 1. The van der Waals surface area contributed by atoms with Crippen molar-refractivity contribution in [3.05, 3.63) is 52.1 Å². The zero-order chi connectivity index (χ0) is 17.1. The Balaban J connectivity index is 1.76. The lowest BCUT2D eigenvalue weighted by molar-refractivity contribution is -0.137. The number of carboxylic acid groups (broad SMARTS) is 1. The molecule has 1 aliphatic carbocycles. The number of rotatable bonds is 6. The molecule has 0 amide bonds. The number of carbonyl (C=O) groups is 1. The fourth-order valence-corrected chi connectivity index (χ4v) is 3.52. The number of imidazole rings is 1. The van der Waals surface area contributed by atoms with Crippen LogP contribution in [0.15, 0.2) is 24.3 Å². The molecule has 0 unspecified atom stereocenters. The normalized spacial score (nSPS) is 15.1. The largest absolute Gasteiger partial charge is 0.481 e. The standard InChI is InChI=1S/C18H22ClN3O2/c1-22-16-8-3-2-7-14(16)21-17(22)11-20-15(10-18(23)24)12-5-4-6-13(19)9-12/h4-6,9,15,20H,2-3,7-8,10-11H2,1H3,(H,23,24)/t15-/m1/s1. The molecule has 0 fully saturated rings. The Bertz CT molecular complexity index is 742. The third-order valence-corrected chi connectivity index (χ3v) is 4.84. The van der Waals surface area contributed by atoms with E-state index in [1.54, 1.807) is 6.07 Å². The number of benzene rings is 1. The number of fused-ring (bicyclic) bond motifs is 1. The molecule has 0 saturated carbocycles.